The molecule has 6 nitrogen and oxygen atoms in total. The second-order valence-corrected chi connectivity index (χ2v) is 7.98. The normalized spacial score (nSPS) is 15.9. The van der Waals surface area contributed by atoms with Gasteiger partial charge in [-0.1, -0.05) is 42.5 Å². The van der Waals surface area contributed by atoms with Gasteiger partial charge in [0.1, 0.15) is 11.6 Å². The van der Waals surface area contributed by atoms with E-state index in [0.29, 0.717) is 32.7 Å². The molecule has 2 aromatic carbocycles. The van der Waals surface area contributed by atoms with Crippen LogP contribution in [0.2, 0.25) is 0 Å². The van der Waals surface area contributed by atoms with Crippen LogP contribution in [-0.2, 0) is 20.7 Å². The Morgan fingerprint density at radius 3 is 2.50 bits per heavy atom. The number of hydrogen-bond acceptors (Lipinski definition) is 4. The Morgan fingerprint density at radius 2 is 1.79 bits per heavy atom. The summed E-state index contributed by atoms with van der Waals surface area (Å²) in [6.45, 7) is 7.49. The monoisotopic (exact) mass is 384 g/mol. The molecule has 1 N–H and O–H groups in total. The van der Waals surface area contributed by atoms with Crippen molar-refractivity contribution < 1.29 is 19.1 Å². The molecule has 1 saturated heterocycles. The largest absolute Gasteiger partial charge is 0.444 e. The molecular formula is C22H28N2O4. The van der Waals surface area contributed by atoms with Crippen LogP contribution in [0.5, 0.6) is 0 Å². The lowest BCUT2D eigenvalue weighted by molar-refractivity contribution is -0.137. The minimum absolute atomic E-state index is 0.109. The molecule has 28 heavy (non-hydrogen) atoms. The molecule has 0 bridgehead atoms. The molecule has 1 heterocycles. The number of morpholine rings is 1. The third-order valence-electron chi connectivity index (χ3n) is 4.62. The molecule has 6 heteroatoms. The van der Waals surface area contributed by atoms with Crippen LogP contribution in [0.15, 0.2) is 42.5 Å². The summed E-state index contributed by atoms with van der Waals surface area (Å²) >= 11 is 0. The van der Waals surface area contributed by atoms with Crippen LogP contribution >= 0.6 is 0 Å². The number of nitrogens with one attached hydrogen (secondary N) is 1. The molecule has 2 aromatic rings. The highest BCUT2D eigenvalue weighted by Crippen LogP contribution is 2.21. The van der Waals surface area contributed by atoms with Crippen LogP contribution < -0.4 is 5.32 Å². The molecule has 0 spiro atoms. The van der Waals surface area contributed by atoms with Crippen LogP contribution in [-0.4, -0.2) is 54.8 Å². The summed E-state index contributed by atoms with van der Waals surface area (Å²) < 4.78 is 10.7. The van der Waals surface area contributed by atoms with Crippen molar-refractivity contribution >= 4 is 22.8 Å². The fourth-order valence-corrected chi connectivity index (χ4v) is 3.34. The molecule has 0 saturated carbocycles. The van der Waals surface area contributed by atoms with Crippen molar-refractivity contribution in [1.82, 2.24) is 10.2 Å². The maximum Gasteiger partial charge on any atom is 0.408 e. The summed E-state index contributed by atoms with van der Waals surface area (Å²) in [5, 5.41) is 4.98. The topological polar surface area (TPSA) is 67.9 Å². The number of nitrogens with zero attached hydrogens (tertiary/aromatic N) is 1. The van der Waals surface area contributed by atoms with E-state index in [1.54, 1.807) is 25.7 Å². The Bertz CT molecular complexity index is 833. The number of amides is 2. The maximum absolute atomic E-state index is 13.1. The van der Waals surface area contributed by atoms with Crippen LogP contribution in [0.25, 0.3) is 10.8 Å². The van der Waals surface area contributed by atoms with Crippen LogP contribution in [0, 0.1) is 0 Å². The zero-order valence-electron chi connectivity index (χ0n) is 16.7. The zero-order chi connectivity index (χ0) is 20.1. The molecule has 1 aliphatic rings. The smallest absolute Gasteiger partial charge is 0.408 e. The quantitative estimate of drug-likeness (QED) is 0.879. The number of ether oxygens (including phenoxy) is 2. The van der Waals surface area contributed by atoms with E-state index in [4.69, 9.17) is 9.47 Å². The van der Waals surface area contributed by atoms with Gasteiger partial charge in [0.05, 0.1) is 13.2 Å². The summed E-state index contributed by atoms with van der Waals surface area (Å²) in [5.74, 6) is -0.109. The van der Waals surface area contributed by atoms with Gasteiger partial charge in [-0.3, -0.25) is 4.79 Å². The van der Waals surface area contributed by atoms with E-state index in [2.05, 4.69) is 5.32 Å². The van der Waals surface area contributed by atoms with E-state index in [1.165, 1.54) is 0 Å². The van der Waals surface area contributed by atoms with Gasteiger partial charge in [0.15, 0.2) is 0 Å². The summed E-state index contributed by atoms with van der Waals surface area (Å²) in [6, 6.07) is 13.4. The van der Waals surface area contributed by atoms with Crippen molar-refractivity contribution in [2.24, 2.45) is 0 Å². The summed E-state index contributed by atoms with van der Waals surface area (Å²) in [6.07, 6.45) is -0.184. The predicted octanol–water partition coefficient (Wildman–Crippen LogP) is 3.13. The average molecular weight is 384 g/mol. The fourth-order valence-electron chi connectivity index (χ4n) is 3.34. The molecule has 1 atom stereocenters. The van der Waals surface area contributed by atoms with E-state index in [0.717, 1.165) is 16.3 Å². The molecule has 3 rings (SSSR count). The molecule has 0 radical (unpaired) electrons. The molecule has 150 valence electrons. The second-order valence-electron chi connectivity index (χ2n) is 7.98. The molecule has 1 fully saturated rings. The van der Waals surface area contributed by atoms with Gasteiger partial charge in [-0.2, -0.15) is 0 Å². The molecule has 0 unspecified atom stereocenters. The first-order valence-corrected chi connectivity index (χ1v) is 9.66. The van der Waals surface area contributed by atoms with Crippen molar-refractivity contribution in [3.63, 3.8) is 0 Å². The van der Waals surface area contributed by atoms with Gasteiger partial charge >= 0.3 is 6.09 Å². The summed E-state index contributed by atoms with van der Waals surface area (Å²) in [5.41, 5.74) is 0.386. The molecule has 1 aliphatic heterocycles. The third kappa shape index (κ3) is 5.23. The maximum atomic E-state index is 13.1. The van der Waals surface area contributed by atoms with Crippen molar-refractivity contribution in [2.45, 2.75) is 38.8 Å². The van der Waals surface area contributed by atoms with Crippen molar-refractivity contribution in [2.75, 3.05) is 26.3 Å². The number of carbonyl (C=O) groups excluding carboxylic acids is 2. The predicted molar refractivity (Wildman–Crippen MR) is 108 cm³/mol. The molecule has 0 aliphatic carbocycles. The van der Waals surface area contributed by atoms with Gasteiger partial charge in [0, 0.05) is 19.5 Å². The van der Waals surface area contributed by atoms with Crippen LogP contribution in [0.1, 0.15) is 26.3 Å². The first-order chi connectivity index (χ1) is 13.3. The van der Waals surface area contributed by atoms with Gasteiger partial charge in [-0.05, 0) is 37.1 Å². The van der Waals surface area contributed by atoms with Crippen LogP contribution in [0.3, 0.4) is 0 Å². The lowest BCUT2D eigenvalue weighted by Crippen LogP contribution is -2.53. The van der Waals surface area contributed by atoms with Gasteiger partial charge < -0.3 is 19.7 Å². The van der Waals surface area contributed by atoms with Gasteiger partial charge in [-0.15, -0.1) is 0 Å². The first-order valence-electron chi connectivity index (χ1n) is 9.66. The van der Waals surface area contributed by atoms with E-state index in [9.17, 15) is 9.59 Å². The average Bonchev–Trinajstić information content (AvgIpc) is 2.66. The number of alkyl carbamates (subject to hydrolysis) is 1. The Morgan fingerprint density at radius 1 is 1.11 bits per heavy atom. The van der Waals surface area contributed by atoms with Crippen molar-refractivity contribution in [1.29, 1.82) is 0 Å². The molecule has 0 aromatic heterocycles. The zero-order valence-corrected chi connectivity index (χ0v) is 16.7. The number of rotatable bonds is 4. The lowest BCUT2D eigenvalue weighted by Gasteiger charge is -2.31. The molecule has 2 amide bonds. The Hall–Kier alpha value is -2.60. The standard InChI is InChI=1S/C22H28N2O4/c1-22(2,3)28-21(26)23-19(20(25)24-11-13-27-14-12-24)15-17-9-6-8-16-7-4-5-10-18(16)17/h4-10,19H,11-15H2,1-3H3,(H,23,26)/t19-/m0/s1. The second kappa shape index (κ2) is 8.61. The van der Waals surface area contributed by atoms with E-state index >= 15 is 0 Å². The summed E-state index contributed by atoms with van der Waals surface area (Å²) in [7, 11) is 0. The minimum Gasteiger partial charge on any atom is -0.444 e. The van der Waals surface area contributed by atoms with Crippen LogP contribution in [0.4, 0.5) is 4.79 Å². The van der Waals surface area contributed by atoms with Gasteiger partial charge in [-0.25, -0.2) is 4.79 Å². The SMILES string of the molecule is CC(C)(C)OC(=O)N[C@@H](Cc1cccc2ccccc12)C(=O)N1CCOCC1. The Kier molecular flexibility index (Phi) is 6.19. The highest BCUT2D eigenvalue weighted by atomic mass is 16.6. The first kappa shape index (κ1) is 20.1. The third-order valence-corrected chi connectivity index (χ3v) is 4.62. The van der Waals surface area contributed by atoms with E-state index in [1.807, 2.05) is 42.5 Å². The fraction of sp³-hybridized carbons (Fsp3) is 0.455. The van der Waals surface area contributed by atoms with Gasteiger partial charge in [0.2, 0.25) is 5.91 Å². The minimum atomic E-state index is -0.696. The Labute approximate surface area is 165 Å². The summed E-state index contributed by atoms with van der Waals surface area (Å²) in [4.78, 5) is 27.3. The molecular weight excluding hydrogens is 356 g/mol. The van der Waals surface area contributed by atoms with Crippen molar-refractivity contribution in [3.05, 3.63) is 48.0 Å². The van der Waals surface area contributed by atoms with Crippen molar-refractivity contribution in [3.8, 4) is 0 Å². The highest BCUT2D eigenvalue weighted by molar-refractivity contribution is 5.89. The number of fused-ring (bicyclic) bond motifs is 1. The van der Waals surface area contributed by atoms with E-state index in [-0.39, 0.29) is 5.91 Å². The van der Waals surface area contributed by atoms with E-state index < -0.39 is 17.7 Å². The highest BCUT2D eigenvalue weighted by Gasteiger charge is 2.29. The van der Waals surface area contributed by atoms with Gasteiger partial charge in [0.25, 0.3) is 0 Å². The number of carbonyl (C=O) groups is 2. The lowest BCUT2D eigenvalue weighted by atomic mass is 9.98. The number of benzene rings is 2. The number of hydrogen-bond donors (Lipinski definition) is 1. The Balaban J connectivity index is 1.84.